The molecule has 0 radical (unpaired) electrons. The molecular weight excluding hydrogens is 1610 g/mol. The molecule has 34 heteroatoms. The second-order valence-corrected chi connectivity index (χ2v) is 30.0. The Balaban J connectivity index is 0.000000456. The summed E-state index contributed by atoms with van der Waals surface area (Å²) in [5.74, 6) is -6.94. The number of likely N-dealkylation sites (tertiary alicyclic amines) is 3. The number of urea groups is 1. The van der Waals surface area contributed by atoms with Gasteiger partial charge in [-0.3, -0.25) is 14.4 Å². The van der Waals surface area contributed by atoms with Crippen molar-refractivity contribution in [1.82, 2.24) is 65.2 Å². The van der Waals surface area contributed by atoms with E-state index in [1.54, 1.807) is 24.2 Å². The van der Waals surface area contributed by atoms with Gasteiger partial charge in [0, 0.05) is 117 Å². The maximum atomic E-state index is 13.6. The summed E-state index contributed by atoms with van der Waals surface area (Å²) in [6.07, 6.45) is 5.64. The molecule has 4 aliphatic heterocycles. The summed E-state index contributed by atoms with van der Waals surface area (Å²) in [7, 11) is 0. The number of carbonyl (C=O) groups is 4. The first-order valence-electron chi connectivity index (χ1n) is 37.4. The van der Waals surface area contributed by atoms with Crippen molar-refractivity contribution in [2.24, 2.45) is 35.1 Å². The molecule has 4 amide bonds. The van der Waals surface area contributed by atoms with E-state index in [1.807, 2.05) is 88.6 Å². The molecule has 0 saturated carbocycles. The van der Waals surface area contributed by atoms with Gasteiger partial charge in [0.25, 0.3) is 23.7 Å². The number of piperidine rings is 4. The Hall–Kier alpha value is -6.81. The van der Waals surface area contributed by atoms with Crippen LogP contribution in [-0.2, 0) is 4.79 Å². The van der Waals surface area contributed by atoms with Crippen LogP contribution >= 0.6 is 88.8 Å². The molecule has 113 heavy (non-hydrogen) atoms. The summed E-state index contributed by atoms with van der Waals surface area (Å²) in [6, 6.07) is 32.1. The number of benzene rings is 4. The van der Waals surface area contributed by atoms with Gasteiger partial charge in [-0.05, 0) is 103 Å². The number of halogens is 11. The van der Waals surface area contributed by atoms with Crippen LogP contribution < -0.4 is 22.1 Å². The highest BCUT2D eigenvalue weighted by Crippen LogP contribution is 2.36. The van der Waals surface area contributed by atoms with E-state index in [0.717, 1.165) is 78.9 Å². The number of carbonyl (C=O) groups excluding carboxylic acids is 4. The first kappa shape index (κ1) is 98.6. The number of alkyl halides is 8. The molecular formula is C79H110Cl3F8N15O4S4. The number of hydrogen-bond donors (Lipinski definition) is 8. The number of aromatic amines is 4. The molecule has 4 aromatic carbocycles. The lowest BCUT2D eigenvalue weighted by Crippen LogP contribution is -2.48. The van der Waals surface area contributed by atoms with Gasteiger partial charge in [0.1, 0.15) is 23.3 Å². The van der Waals surface area contributed by atoms with Crippen molar-refractivity contribution in [2.45, 2.75) is 175 Å². The molecule has 4 aliphatic rings. The van der Waals surface area contributed by atoms with E-state index in [4.69, 9.17) is 29.2 Å². The number of hydrogen-bond acceptors (Lipinski definition) is 11. The summed E-state index contributed by atoms with van der Waals surface area (Å²) in [5.41, 5.74) is 24.4. The Morgan fingerprint density at radius 3 is 0.982 bits per heavy atom. The first-order chi connectivity index (χ1) is 51.9. The molecule has 0 bridgehead atoms. The van der Waals surface area contributed by atoms with E-state index in [9.17, 15) is 49.5 Å². The summed E-state index contributed by atoms with van der Waals surface area (Å²) in [5, 5.41) is 5.20. The quantitative estimate of drug-likeness (QED) is 0.0241. The lowest BCUT2D eigenvalue weighted by atomic mass is 9.91. The van der Waals surface area contributed by atoms with Crippen LogP contribution in [0.2, 0.25) is 0 Å². The van der Waals surface area contributed by atoms with Gasteiger partial charge in [0.15, 0.2) is 0 Å². The van der Waals surface area contributed by atoms with Gasteiger partial charge in [-0.15, -0.1) is 0 Å². The maximum Gasteiger partial charge on any atom is 0.318 e. The molecule has 626 valence electrons. The molecule has 8 aromatic rings. The molecule has 0 spiro atoms. The zero-order valence-corrected chi connectivity index (χ0v) is 71.2. The minimum absolute atomic E-state index is 0. The van der Waals surface area contributed by atoms with Gasteiger partial charge in [-0.1, -0.05) is 166 Å². The average molecular weight is 1720 g/mol. The molecule has 8 heterocycles. The predicted molar refractivity (Wildman–Crippen MR) is 456 cm³/mol. The van der Waals surface area contributed by atoms with Crippen molar-refractivity contribution in [3.8, 4) is 67.3 Å². The number of amides is 4. The van der Waals surface area contributed by atoms with E-state index in [-0.39, 0.29) is 193 Å². The van der Waals surface area contributed by atoms with E-state index < -0.39 is 39.8 Å². The van der Waals surface area contributed by atoms with E-state index >= 15 is 0 Å². The van der Waals surface area contributed by atoms with Crippen molar-refractivity contribution >= 4 is 111 Å². The van der Waals surface area contributed by atoms with Crippen molar-refractivity contribution in [2.75, 3.05) is 52.4 Å². The number of aromatic nitrogens is 8. The van der Waals surface area contributed by atoms with Crippen LogP contribution in [-0.4, -0.2) is 153 Å². The van der Waals surface area contributed by atoms with Crippen molar-refractivity contribution in [3.63, 3.8) is 0 Å². The zero-order chi connectivity index (χ0) is 80.8. The predicted octanol–water partition coefficient (Wildman–Crippen LogP) is 20.2. The fourth-order valence-electron chi connectivity index (χ4n) is 12.3. The standard InChI is InChI=1S/C39H47F4N7O2.C26H32N6.C6H8ClF2NO.C5H9F2N.C2H6.CCl2O.4H2S/c1-24(2)30(21-33(51)49-17-13-38(40,41)14-18-49)35-44-22-31(46-35)28-9-5-26(6-10-28)27-7-11-29(12-8-27)32-23-45-36(47-32)34(25(3)4)48-37(52)50-19-15-39(42,43)16-20-50;1-15(2)23(27)25-29-13-21(31-25)19-9-5-17(6-10-19)18-7-11-20(12-8-18)22-14-30-26(32-22)24(28)16(3)4;7-5(11)10-3-1-6(8,9)2-4-10;6-5(7)1-3-8-4-2-5;1-2;2-1(3)4;;;;/h5-12,22-25,30,34H,13-21H2,1-4H3,(H,44,46)(H,45,47)(H,48,52);5-16,23-24H,27-28H2,1-4H3,(H,29,31)(H,30,32);1-4H2;8H,1-4H2;1-2H3;;4*1H2/t30-,34-;23-,24-;;;;;;;;/m00......../s1/i;;;;1D;;;;;. The van der Waals surface area contributed by atoms with Gasteiger partial charge in [-0.25, -0.2) is 59.9 Å². The Bertz CT molecular complexity index is 3940. The molecule has 4 aromatic heterocycles. The third-order valence-corrected chi connectivity index (χ3v) is 19.6. The Morgan fingerprint density at radius 2 is 0.699 bits per heavy atom. The summed E-state index contributed by atoms with van der Waals surface area (Å²) >= 11 is 13.9. The second-order valence-electron chi connectivity index (χ2n) is 28.8. The number of H-pyrrole nitrogens is 4. The van der Waals surface area contributed by atoms with Gasteiger partial charge >= 0.3 is 16.1 Å². The minimum atomic E-state index is -2.72. The molecule has 0 aliphatic carbocycles. The molecule has 0 unspecified atom stereocenters. The zero-order valence-electron chi connectivity index (χ0n) is 66.0. The molecule has 4 saturated heterocycles. The molecule has 12 rings (SSSR count). The highest BCUT2D eigenvalue weighted by atomic mass is 35.5. The van der Waals surface area contributed by atoms with Crippen LogP contribution in [0.5, 0.6) is 0 Å². The third-order valence-electron chi connectivity index (χ3n) is 19.4. The minimum Gasteiger partial charge on any atom is -0.342 e. The number of nitrogens with one attached hydrogen (secondary N) is 6. The average Bonchev–Trinajstić information content (AvgIpc) is 0.881. The van der Waals surface area contributed by atoms with Crippen LogP contribution in [0, 0.1) is 23.7 Å². The number of imidazole rings is 4. The van der Waals surface area contributed by atoms with Crippen molar-refractivity contribution < 1.29 is 55.7 Å². The first-order valence-corrected chi connectivity index (χ1v) is 37.8. The molecule has 4 fully saturated rings. The van der Waals surface area contributed by atoms with Crippen molar-refractivity contribution in [3.05, 3.63) is 145 Å². The van der Waals surface area contributed by atoms with Gasteiger partial charge in [-0.2, -0.15) is 54.0 Å². The smallest absolute Gasteiger partial charge is 0.318 e. The fourth-order valence-corrected chi connectivity index (χ4v) is 12.5. The monoisotopic (exact) mass is 1720 g/mol. The normalized spacial score (nSPS) is 17.0. The number of nitrogens with two attached hydrogens (primary N) is 2. The number of rotatable bonds is 17. The molecule has 19 nitrogen and oxygen atoms in total. The van der Waals surface area contributed by atoms with Gasteiger partial charge < -0.3 is 56.7 Å². The maximum absolute atomic E-state index is 13.6. The van der Waals surface area contributed by atoms with Crippen LogP contribution in [0.15, 0.2) is 122 Å². The molecule has 4 atom stereocenters. The number of nitrogens with zero attached hydrogens (tertiary/aromatic N) is 7. The van der Waals surface area contributed by atoms with Crippen LogP contribution in [0.1, 0.15) is 176 Å². The van der Waals surface area contributed by atoms with E-state index in [2.05, 4.69) is 150 Å². The SMILES string of the molecule is CC(C)[C@H](CC(=O)N1CCC(F)(F)CC1)c1ncc(-c2ccc(-c3ccc(-c4cnc([C@@H](NC(=O)N5CCC(F)(F)CC5)C(C)C)[nH]4)cc3)cc2)[nH]1.CC(C)[C@H](N)c1ncc(-c2ccc(-c3ccc(-c4cnc([C@@H](N)C(C)C)[nH]4)cc3)cc2)[nH]1.FC1(F)CCNCC1.O=C(Cl)Cl.O=C(Cl)N1CCC(F)(F)CC1.S.S.S.S.[2H]CC. The van der Waals surface area contributed by atoms with Crippen LogP contribution in [0.3, 0.4) is 0 Å². The topological polar surface area (TPSA) is 269 Å². The fraction of sp³-hybridized carbons (Fsp3) is 0.494. The third kappa shape index (κ3) is 30.6. The Kier molecular flexibility index (Phi) is 40.3. The summed E-state index contributed by atoms with van der Waals surface area (Å²) in [4.78, 5) is 81.1. The highest BCUT2D eigenvalue weighted by Gasteiger charge is 2.39. The van der Waals surface area contributed by atoms with Crippen LogP contribution in [0.4, 0.5) is 49.5 Å². The van der Waals surface area contributed by atoms with Crippen LogP contribution in [0.25, 0.3) is 67.3 Å². The van der Waals surface area contributed by atoms with E-state index in [1.165, 1.54) is 9.80 Å². The largest absolute Gasteiger partial charge is 0.342 e. The highest BCUT2D eigenvalue weighted by molar-refractivity contribution is 7.59. The Labute approximate surface area is 701 Å². The lowest BCUT2D eigenvalue weighted by molar-refractivity contribution is -0.138. The van der Waals surface area contributed by atoms with Gasteiger partial charge in [0.2, 0.25) is 5.91 Å². The van der Waals surface area contributed by atoms with Crippen molar-refractivity contribution in [1.29, 1.82) is 0 Å². The second kappa shape index (κ2) is 46.2. The summed E-state index contributed by atoms with van der Waals surface area (Å²) in [6.45, 7) is 19.9. The molecule has 10 N–H and O–H groups in total. The van der Waals surface area contributed by atoms with E-state index in [0.29, 0.717) is 43.5 Å². The lowest BCUT2D eigenvalue weighted by Gasteiger charge is -2.33. The van der Waals surface area contributed by atoms with Gasteiger partial charge in [0.05, 0.1) is 65.7 Å². The summed E-state index contributed by atoms with van der Waals surface area (Å²) < 4.78 is 109. The Morgan fingerprint density at radius 1 is 0.434 bits per heavy atom.